The Morgan fingerprint density at radius 3 is 2.69 bits per heavy atom. The first-order chi connectivity index (χ1) is 6.27. The lowest BCUT2D eigenvalue weighted by molar-refractivity contribution is 0.277. The molecule has 0 amide bonds. The first kappa shape index (κ1) is 11.6. The molecule has 0 aliphatic rings. The van der Waals surface area contributed by atoms with Crippen LogP contribution in [-0.4, -0.2) is 16.3 Å². The third kappa shape index (κ3) is 3.21. The van der Waals surface area contributed by atoms with Gasteiger partial charge in [0.05, 0.1) is 24.2 Å². The van der Waals surface area contributed by atoms with Crippen LogP contribution in [0, 0.1) is 5.41 Å². The maximum Gasteiger partial charge on any atom is 0.0853 e. The molecule has 0 spiro atoms. The van der Waals surface area contributed by atoms with E-state index >= 15 is 0 Å². The van der Waals surface area contributed by atoms with Gasteiger partial charge in [0.2, 0.25) is 0 Å². The highest BCUT2D eigenvalue weighted by Gasteiger charge is 1.97. The molecule has 4 heteroatoms. The number of hydrogen-bond donors (Lipinski definition) is 3. The minimum atomic E-state index is -0.124. The normalized spacial score (nSPS) is 8.54. The molecule has 0 saturated carbocycles. The summed E-state index contributed by atoms with van der Waals surface area (Å²) in [7, 11) is 0. The summed E-state index contributed by atoms with van der Waals surface area (Å²) in [6, 6.07) is 1.59. The number of aliphatic hydroxyl groups is 1. The fourth-order valence-electron chi connectivity index (χ4n) is 0.739. The maximum absolute atomic E-state index is 8.67. The van der Waals surface area contributed by atoms with E-state index in [-0.39, 0.29) is 6.61 Å². The Bertz CT molecular complexity index is 274. The van der Waals surface area contributed by atoms with E-state index in [0.717, 1.165) is 6.21 Å². The van der Waals surface area contributed by atoms with Crippen molar-refractivity contribution >= 4 is 11.9 Å². The molecule has 0 saturated heterocycles. The third-order valence-corrected chi connectivity index (χ3v) is 1.34. The van der Waals surface area contributed by atoms with Crippen molar-refractivity contribution in [3.63, 3.8) is 0 Å². The Kier molecular flexibility index (Phi) is 5.47. The van der Waals surface area contributed by atoms with Crippen LogP contribution in [0.25, 0.3) is 0 Å². The number of aliphatic hydroxyl groups excluding tert-OH is 1. The lowest BCUT2D eigenvalue weighted by Crippen LogP contribution is -1.97. The van der Waals surface area contributed by atoms with Crippen molar-refractivity contribution in [3.8, 4) is 0 Å². The largest absolute Gasteiger partial charge is 0.397 e. The summed E-state index contributed by atoms with van der Waals surface area (Å²) in [6.07, 6.45) is 2.57. The number of anilines is 1. The van der Waals surface area contributed by atoms with Gasteiger partial charge in [0.1, 0.15) is 0 Å². The molecule has 0 unspecified atom stereocenters. The van der Waals surface area contributed by atoms with Gasteiger partial charge in [-0.25, -0.2) is 0 Å². The number of nitrogen functional groups attached to an aromatic ring is 1. The van der Waals surface area contributed by atoms with Crippen molar-refractivity contribution < 1.29 is 5.11 Å². The van der Waals surface area contributed by atoms with Crippen LogP contribution in [0.15, 0.2) is 12.3 Å². The monoisotopic (exact) mass is 181 g/mol. The average Bonchev–Trinajstić information content (AvgIpc) is 2.22. The second kappa shape index (κ2) is 6.14. The molecule has 4 nitrogen and oxygen atoms in total. The van der Waals surface area contributed by atoms with Gasteiger partial charge in [-0.15, -0.1) is 0 Å². The van der Waals surface area contributed by atoms with Gasteiger partial charge in [-0.05, 0) is 6.07 Å². The van der Waals surface area contributed by atoms with Crippen LogP contribution in [0.4, 0.5) is 5.69 Å². The van der Waals surface area contributed by atoms with Crippen LogP contribution in [0.2, 0.25) is 0 Å². The lowest BCUT2D eigenvalue weighted by atomic mass is 10.2. The standard InChI is InChI=1S/C7H9N3O.C2H6/c8-2-5-1-6(4-11)10-3-7(5)9;1-2/h1-3,8,11H,4,9H2;1-2H3. The van der Waals surface area contributed by atoms with Gasteiger partial charge >= 0.3 is 0 Å². The maximum atomic E-state index is 8.67. The van der Waals surface area contributed by atoms with Gasteiger partial charge in [0, 0.05) is 11.8 Å². The summed E-state index contributed by atoms with van der Waals surface area (Å²) in [4.78, 5) is 3.83. The zero-order valence-electron chi connectivity index (χ0n) is 7.91. The Balaban J connectivity index is 0.000000671. The summed E-state index contributed by atoms with van der Waals surface area (Å²) in [5.41, 5.74) is 7.03. The van der Waals surface area contributed by atoms with Crippen LogP contribution in [-0.2, 0) is 6.61 Å². The summed E-state index contributed by atoms with van der Waals surface area (Å²) in [5, 5.41) is 15.6. The van der Waals surface area contributed by atoms with Crippen LogP contribution >= 0.6 is 0 Å². The fourth-order valence-corrected chi connectivity index (χ4v) is 0.739. The van der Waals surface area contributed by atoms with E-state index in [1.807, 2.05) is 13.8 Å². The quantitative estimate of drug-likeness (QED) is 0.599. The van der Waals surface area contributed by atoms with Gasteiger partial charge in [-0.2, -0.15) is 0 Å². The number of aromatic nitrogens is 1. The third-order valence-electron chi connectivity index (χ3n) is 1.34. The Morgan fingerprint density at radius 2 is 2.23 bits per heavy atom. The molecule has 4 N–H and O–H groups in total. The molecular formula is C9H15N3O. The molecule has 1 aromatic rings. The summed E-state index contributed by atoms with van der Waals surface area (Å²) in [6.45, 7) is 3.88. The van der Waals surface area contributed by atoms with Crippen LogP contribution in [0.3, 0.4) is 0 Å². The molecule has 72 valence electrons. The van der Waals surface area contributed by atoms with Crippen molar-refractivity contribution in [2.45, 2.75) is 20.5 Å². The predicted molar refractivity (Wildman–Crippen MR) is 53.8 cm³/mol. The SMILES string of the molecule is CC.N=Cc1cc(CO)ncc1N. The lowest BCUT2D eigenvalue weighted by Gasteiger charge is -1.99. The van der Waals surface area contributed by atoms with Gasteiger partial charge in [-0.1, -0.05) is 13.8 Å². The van der Waals surface area contributed by atoms with Crippen LogP contribution < -0.4 is 5.73 Å². The number of rotatable bonds is 2. The van der Waals surface area contributed by atoms with Gasteiger partial charge in [0.25, 0.3) is 0 Å². The number of nitrogens with two attached hydrogens (primary N) is 1. The highest BCUT2D eigenvalue weighted by molar-refractivity contribution is 5.84. The molecule has 1 aromatic heterocycles. The summed E-state index contributed by atoms with van der Waals surface area (Å²) < 4.78 is 0. The molecule has 0 bridgehead atoms. The topological polar surface area (TPSA) is 83.0 Å². The van der Waals surface area contributed by atoms with E-state index in [1.54, 1.807) is 6.07 Å². The van der Waals surface area contributed by atoms with Gasteiger partial charge in [-0.3, -0.25) is 4.98 Å². The van der Waals surface area contributed by atoms with Gasteiger partial charge in [0.15, 0.2) is 0 Å². The average molecular weight is 181 g/mol. The molecule has 0 radical (unpaired) electrons. The van der Waals surface area contributed by atoms with Crippen LogP contribution in [0.5, 0.6) is 0 Å². The van der Waals surface area contributed by atoms with Gasteiger partial charge < -0.3 is 16.2 Å². The number of nitrogens with zero attached hydrogens (tertiary/aromatic N) is 1. The van der Waals surface area contributed by atoms with E-state index in [2.05, 4.69) is 4.98 Å². The summed E-state index contributed by atoms with van der Waals surface area (Å²) >= 11 is 0. The zero-order chi connectivity index (χ0) is 10.3. The Morgan fingerprint density at radius 1 is 1.62 bits per heavy atom. The smallest absolute Gasteiger partial charge is 0.0853 e. The number of hydrogen-bond acceptors (Lipinski definition) is 4. The fraction of sp³-hybridized carbons (Fsp3) is 0.333. The molecule has 0 aliphatic carbocycles. The first-order valence-corrected chi connectivity index (χ1v) is 4.13. The van der Waals surface area contributed by atoms with Crippen molar-refractivity contribution in [3.05, 3.63) is 23.5 Å². The molecular weight excluding hydrogens is 166 g/mol. The minimum Gasteiger partial charge on any atom is -0.397 e. The van der Waals surface area contributed by atoms with Crippen molar-refractivity contribution in [2.24, 2.45) is 0 Å². The number of pyridine rings is 1. The highest BCUT2D eigenvalue weighted by atomic mass is 16.3. The van der Waals surface area contributed by atoms with Crippen LogP contribution in [0.1, 0.15) is 25.1 Å². The van der Waals surface area contributed by atoms with Crippen molar-refractivity contribution in [1.29, 1.82) is 5.41 Å². The molecule has 0 fully saturated rings. The summed E-state index contributed by atoms with van der Waals surface area (Å²) in [5.74, 6) is 0. The van der Waals surface area contributed by atoms with E-state index in [0.29, 0.717) is 16.9 Å². The molecule has 0 aliphatic heterocycles. The predicted octanol–water partition coefficient (Wildman–Crippen LogP) is 1.18. The Labute approximate surface area is 77.9 Å². The van der Waals surface area contributed by atoms with E-state index in [4.69, 9.17) is 16.2 Å². The minimum absolute atomic E-state index is 0.124. The Hall–Kier alpha value is -1.42. The number of nitrogens with one attached hydrogen (secondary N) is 1. The first-order valence-electron chi connectivity index (χ1n) is 4.13. The molecule has 0 aromatic carbocycles. The van der Waals surface area contributed by atoms with E-state index in [1.165, 1.54) is 6.20 Å². The molecule has 13 heavy (non-hydrogen) atoms. The molecule has 0 atom stereocenters. The molecule has 1 heterocycles. The zero-order valence-corrected chi connectivity index (χ0v) is 7.91. The molecule has 1 rings (SSSR count). The highest BCUT2D eigenvalue weighted by Crippen LogP contribution is 2.08. The van der Waals surface area contributed by atoms with E-state index < -0.39 is 0 Å². The van der Waals surface area contributed by atoms with E-state index in [9.17, 15) is 0 Å². The second-order valence-corrected chi connectivity index (χ2v) is 2.11. The van der Waals surface area contributed by atoms with Crippen molar-refractivity contribution in [2.75, 3.05) is 5.73 Å². The second-order valence-electron chi connectivity index (χ2n) is 2.11. The van der Waals surface area contributed by atoms with Crippen molar-refractivity contribution in [1.82, 2.24) is 4.98 Å².